The zero-order valence-electron chi connectivity index (χ0n) is 12.2. The second-order valence-corrected chi connectivity index (χ2v) is 5.42. The SMILES string of the molecule is CN(C[C@H]1CCCCO1)C(=O)c1ccc2cccnc2n1. The Morgan fingerprint density at radius 3 is 3.10 bits per heavy atom. The first-order valence-electron chi connectivity index (χ1n) is 7.33. The molecule has 3 rings (SSSR count). The van der Waals surface area contributed by atoms with E-state index in [-0.39, 0.29) is 12.0 Å². The summed E-state index contributed by atoms with van der Waals surface area (Å²) in [5, 5.41) is 0.937. The standard InChI is InChI=1S/C16H19N3O2/c1-19(11-13-6-2-3-10-21-13)16(20)14-8-7-12-5-4-9-17-15(12)18-14/h4-5,7-9,13H,2-3,6,10-11H2,1H3/t13-/m1/s1. The molecule has 1 saturated heterocycles. The first kappa shape index (κ1) is 13.9. The minimum atomic E-state index is -0.0864. The molecule has 0 bridgehead atoms. The molecule has 0 radical (unpaired) electrons. The maximum Gasteiger partial charge on any atom is 0.272 e. The van der Waals surface area contributed by atoms with Crippen LogP contribution in [-0.4, -0.2) is 47.1 Å². The number of carbonyl (C=O) groups is 1. The number of nitrogens with zero attached hydrogens (tertiary/aromatic N) is 3. The second-order valence-electron chi connectivity index (χ2n) is 5.42. The maximum absolute atomic E-state index is 12.4. The van der Waals surface area contributed by atoms with E-state index in [0.29, 0.717) is 17.9 Å². The van der Waals surface area contributed by atoms with Crippen molar-refractivity contribution in [3.63, 3.8) is 0 Å². The number of aromatic nitrogens is 2. The molecule has 0 unspecified atom stereocenters. The van der Waals surface area contributed by atoms with Gasteiger partial charge in [-0.2, -0.15) is 0 Å². The van der Waals surface area contributed by atoms with Crippen molar-refractivity contribution in [1.82, 2.24) is 14.9 Å². The molecule has 5 nitrogen and oxygen atoms in total. The summed E-state index contributed by atoms with van der Waals surface area (Å²) in [7, 11) is 1.80. The van der Waals surface area contributed by atoms with Crippen molar-refractivity contribution >= 4 is 16.9 Å². The van der Waals surface area contributed by atoms with E-state index < -0.39 is 0 Å². The van der Waals surface area contributed by atoms with Crippen molar-refractivity contribution in [2.45, 2.75) is 25.4 Å². The first-order chi connectivity index (χ1) is 10.2. The Kier molecular flexibility index (Phi) is 4.10. The fourth-order valence-corrected chi connectivity index (χ4v) is 2.61. The molecule has 21 heavy (non-hydrogen) atoms. The lowest BCUT2D eigenvalue weighted by molar-refractivity contribution is -0.000282. The molecule has 1 aliphatic heterocycles. The molecule has 1 aliphatic rings. The van der Waals surface area contributed by atoms with E-state index in [0.717, 1.165) is 24.8 Å². The van der Waals surface area contributed by atoms with Crippen molar-refractivity contribution in [1.29, 1.82) is 0 Å². The normalized spacial score (nSPS) is 18.6. The van der Waals surface area contributed by atoms with E-state index in [1.54, 1.807) is 24.2 Å². The third-order valence-corrected chi connectivity index (χ3v) is 3.78. The van der Waals surface area contributed by atoms with Gasteiger partial charge < -0.3 is 9.64 Å². The number of hydrogen-bond donors (Lipinski definition) is 0. The summed E-state index contributed by atoms with van der Waals surface area (Å²) in [6.07, 6.45) is 5.14. The van der Waals surface area contributed by atoms with Crippen LogP contribution in [0, 0.1) is 0 Å². The summed E-state index contributed by atoms with van der Waals surface area (Å²) in [6, 6.07) is 7.43. The monoisotopic (exact) mass is 285 g/mol. The molecule has 2 aromatic heterocycles. The van der Waals surface area contributed by atoms with Gasteiger partial charge in [-0.25, -0.2) is 9.97 Å². The molecule has 0 N–H and O–H groups in total. The quantitative estimate of drug-likeness (QED) is 0.868. The topological polar surface area (TPSA) is 55.3 Å². The summed E-state index contributed by atoms with van der Waals surface area (Å²) >= 11 is 0. The fraction of sp³-hybridized carbons (Fsp3) is 0.438. The Labute approximate surface area is 124 Å². The predicted molar refractivity (Wildman–Crippen MR) is 80.1 cm³/mol. The van der Waals surface area contributed by atoms with E-state index in [2.05, 4.69) is 9.97 Å². The molecule has 0 aromatic carbocycles. The largest absolute Gasteiger partial charge is 0.376 e. The van der Waals surface area contributed by atoms with Gasteiger partial charge in [-0.05, 0) is 43.5 Å². The van der Waals surface area contributed by atoms with E-state index in [4.69, 9.17) is 4.74 Å². The van der Waals surface area contributed by atoms with Gasteiger partial charge in [0.2, 0.25) is 0 Å². The summed E-state index contributed by atoms with van der Waals surface area (Å²) < 4.78 is 5.68. The number of hydrogen-bond acceptors (Lipinski definition) is 4. The fourth-order valence-electron chi connectivity index (χ4n) is 2.61. The van der Waals surface area contributed by atoms with Crippen molar-refractivity contribution in [3.05, 3.63) is 36.2 Å². The number of pyridine rings is 2. The number of likely N-dealkylation sites (N-methyl/N-ethyl adjacent to an activating group) is 1. The molecule has 110 valence electrons. The van der Waals surface area contributed by atoms with Gasteiger partial charge in [0.15, 0.2) is 5.65 Å². The summed E-state index contributed by atoms with van der Waals surface area (Å²) in [5.41, 5.74) is 1.03. The molecule has 0 saturated carbocycles. The summed E-state index contributed by atoms with van der Waals surface area (Å²) in [5.74, 6) is -0.0864. The van der Waals surface area contributed by atoms with Gasteiger partial charge in [-0.1, -0.05) is 0 Å². The number of carbonyl (C=O) groups excluding carboxylic acids is 1. The zero-order valence-corrected chi connectivity index (χ0v) is 12.2. The van der Waals surface area contributed by atoms with Gasteiger partial charge in [-0.3, -0.25) is 4.79 Å². The van der Waals surface area contributed by atoms with Gasteiger partial charge in [0, 0.05) is 31.8 Å². The van der Waals surface area contributed by atoms with E-state index in [1.807, 2.05) is 18.2 Å². The second kappa shape index (κ2) is 6.18. The highest BCUT2D eigenvalue weighted by molar-refractivity contribution is 5.94. The smallest absolute Gasteiger partial charge is 0.272 e. The van der Waals surface area contributed by atoms with Crippen LogP contribution in [0.4, 0.5) is 0 Å². The lowest BCUT2D eigenvalue weighted by Crippen LogP contribution is -2.37. The van der Waals surface area contributed by atoms with Crippen molar-refractivity contribution in [2.75, 3.05) is 20.2 Å². The third-order valence-electron chi connectivity index (χ3n) is 3.78. The molecule has 2 aromatic rings. The van der Waals surface area contributed by atoms with Crippen LogP contribution in [0.25, 0.3) is 11.0 Å². The molecule has 1 atom stereocenters. The molecule has 1 fully saturated rings. The zero-order chi connectivity index (χ0) is 14.7. The van der Waals surface area contributed by atoms with Gasteiger partial charge >= 0.3 is 0 Å². The third kappa shape index (κ3) is 3.19. The average Bonchev–Trinajstić information content (AvgIpc) is 2.54. The van der Waals surface area contributed by atoms with Gasteiger partial charge in [0.05, 0.1) is 6.10 Å². The molecule has 5 heteroatoms. The maximum atomic E-state index is 12.4. The lowest BCUT2D eigenvalue weighted by Gasteiger charge is -2.27. The van der Waals surface area contributed by atoms with Crippen LogP contribution >= 0.6 is 0 Å². The van der Waals surface area contributed by atoms with Crippen molar-refractivity contribution in [2.24, 2.45) is 0 Å². The molecule has 3 heterocycles. The minimum Gasteiger partial charge on any atom is -0.376 e. The van der Waals surface area contributed by atoms with Crippen molar-refractivity contribution in [3.8, 4) is 0 Å². The highest BCUT2D eigenvalue weighted by atomic mass is 16.5. The van der Waals surface area contributed by atoms with Crippen LogP contribution in [0.3, 0.4) is 0 Å². The lowest BCUT2D eigenvalue weighted by atomic mass is 10.1. The van der Waals surface area contributed by atoms with Crippen LogP contribution in [-0.2, 0) is 4.74 Å². The molecule has 0 aliphatic carbocycles. The minimum absolute atomic E-state index is 0.0864. The number of rotatable bonds is 3. The number of fused-ring (bicyclic) bond motifs is 1. The Morgan fingerprint density at radius 1 is 1.38 bits per heavy atom. The highest BCUT2D eigenvalue weighted by Gasteiger charge is 2.20. The predicted octanol–water partition coefficient (Wildman–Crippen LogP) is 2.27. The number of amides is 1. The Bertz CT molecular complexity index is 638. The average molecular weight is 285 g/mol. The Balaban J connectivity index is 1.72. The Morgan fingerprint density at radius 2 is 2.29 bits per heavy atom. The van der Waals surface area contributed by atoms with Crippen LogP contribution in [0.1, 0.15) is 29.8 Å². The molecule has 1 amide bonds. The van der Waals surface area contributed by atoms with E-state index in [1.165, 1.54) is 6.42 Å². The van der Waals surface area contributed by atoms with Gasteiger partial charge in [-0.15, -0.1) is 0 Å². The Hall–Kier alpha value is -2.01. The van der Waals surface area contributed by atoms with Crippen LogP contribution in [0.5, 0.6) is 0 Å². The van der Waals surface area contributed by atoms with E-state index in [9.17, 15) is 4.79 Å². The van der Waals surface area contributed by atoms with Crippen LogP contribution in [0.2, 0.25) is 0 Å². The van der Waals surface area contributed by atoms with Crippen molar-refractivity contribution < 1.29 is 9.53 Å². The highest BCUT2D eigenvalue weighted by Crippen LogP contribution is 2.15. The van der Waals surface area contributed by atoms with Gasteiger partial charge in [0.25, 0.3) is 5.91 Å². The summed E-state index contributed by atoms with van der Waals surface area (Å²) in [4.78, 5) is 22.7. The molecule has 0 spiro atoms. The molecular formula is C16H19N3O2. The van der Waals surface area contributed by atoms with Gasteiger partial charge in [0.1, 0.15) is 5.69 Å². The summed E-state index contributed by atoms with van der Waals surface area (Å²) in [6.45, 7) is 1.41. The van der Waals surface area contributed by atoms with Crippen LogP contribution in [0.15, 0.2) is 30.5 Å². The number of ether oxygens (including phenoxy) is 1. The van der Waals surface area contributed by atoms with Crippen LogP contribution < -0.4 is 0 Å². The molecular weight excluding hydrogens is 266 g/mol. The first-order valence-corrected chi connectivity index (χ1v) is 7.33. The van der Waals surface area contributed by atoms with E-state index >= 15 is 0 Å².